The number of hydrogen-bond acceptors (Lipinski definition) is 4. The topological polar surface area (TPSA) is 74.7 Å². The van der Waals surface area contributed by atoms with E-state index >= 15 is 0 Å². The Morgan fingerprint density at radius 1 is 1.18 bits per heavy atom. The number of hydrogen-bond donors (Lipinski definition) is 2. The summed E-state index contributed by atoms with van der Waals surface area (Å²) in [6, 6.07) is 11.2. The number of carboxylic acid groups (broad SMARTS) is 1. The van der Waals surface area contributed by atoms with E-state index in [-0.39, 0.29) is 23.1 Å². The van der Waals surface area contributed by atoms with Gasteiger partial charge in [0.1, 0.15) is 6.04 Å². The number of rotatable bonds is 3. The Labute approximate surface area is 134 Å². The first kappa shape index (κ1) is 15.3. The lowest BCUT2D eigenvalue weighted by molar-refractivity contribution is -0.140. The minimum atomic E-state index is -3.85. The Morgan fingerprint density at radius 2 is 1.86 bits per heavy atom. The standard InChI is InChI=1S/C15H15NO4S2/c17-15(18)14-8-12(21)9-16(14)22(19,20)13-6-5-10-3-1-2-4-11(10)7-13/h1-7,12,14,21H,8-9H2,(H,17,18)/t12-,14-/m0/s1. The molecule has 0 spiro atoms. The number of aliphatic carboxylic acids is 1. The first-order valence-corrected chi connectivity index (χ1v) is 8.77. The molecule has 0 bridgehead atoms. The molecule has 2 aromatic carbocycles. The van der Waals surface area contributed by atoms with Gasteiger partial charge in [0.2, 0.25) is 10.0 Å². The van der Waals surface area contributed by atoms with Crippen LogP contribution in [0.15, 0.2) is 47.4 Å². The second-order valence-electron chi connectivity index (χ2n) is 5.33. The third-order valence-corrected chi connectivity index (χ3v) is 6.09. The van der Waals surface area contributed by atoms with E-state index in [9.17, 15) is 18.3 Å². The summed E-state index contributed by atoms with van der Waals surface area (Å²) in [4.78, 5) is 11.4. The van der Waals surface area contributed by atoms with Crippen molar-refractivity contribution in [3.8, 4) is 0 Å². The van der Waals surface area contributed by atoms with Gasteiger partial charge in [-0.25, -0.2) is 8.42 Å². The SMILES string of the molecule is O=C(O)[C@@H]1C[C@H](S)CN1S(=O)(=O)c1ccc2ccccc2c1. The first-order valence-electron chi connectivity index (χ1n) is 6.81. The molecule has 116 valence electrons. The number of carbonyl (C=O) groups is 1. The molecule has 0 radical (unpaired) electrons. The molecule has 2 aromatic rings. The van der Waals surface area contributed by atoms with Crippen LogP contribution in [0.1, 0.15) is 6.42 Å². The molecule has 5 nitrogen and oxygen atoms in total. The fraction of sp³-hybridized carbons (Fsp3) is 0.267. The van der Waals surface area contributed by atoms with Gasteiger partial charge in [0.15, 0.2) is 0 Å². The van der Waals surface area contributed by atoms with Gasteiger partial charge in [-0.3, -0.25) is 4.79 Å². The van der Waals surface area contributed by atoms with Crippen LogP contribution in [0.3, 0.4) is 0 Å². The maximum Gasteiger partial charge on any atom is 0.322 e. The molecule has 22 heavy (non-hydrogen) atoms. The Bertz CT molecular complexity index is 834. The predicted octanol–water partition coefficient (Wildman–Crippen LogP) is 1.99. The summed E-state index contributed by atoms with van der Waals surface area (Å²) in [5, 5.41) is 10.7. The summed E-state index contributed by atoms with van der Waals surface area (Å²) in [6.07, 6.45) is 0.214. The zero-order valence-corrected chi connectivity index (χ0v) is 13.3. The van der Waals surface area contributed by atoms with Crippen molar-refractivity contribution in [2.45, 2.75) is 22.6 Å². The highest BCUT2D eigenvalue weighted by Crippen LogP contribution is 2.30. The fourth-order valence-corrected chi connectivity index (χ4v) is 4.90. The monoisotopic (exact) mass is 337 g/mol. The molecule has 3 rings (SSSR count). The van der Waals surface area contributed by atoms with Crippen LogP contribution in [0.25, 0.3) is 10.8 Å². The van der Waals surface area contributed by atoms with Gasteiger partial charge >= 0.3 is 5.97 Å². The largest absolute Gasteiger partial charge is 0.480 e. The van der Waals surface area contributed by atoms with Crippen molar-refractivity contribution in [3.05, 3.63) is 42.5 Å². The second-order valence-corrected chi connectivity index (χ2v) is 7.95. The van der Waals surface area contributed by atoms with Gasteiger partial charge in [0.25, 0.3) is 0 Å². The summed E-state index contributed by atoms with van der Waals surface area (Å²) in [5.74, 6) is -1.14. The van der Waals surface area contributed by atoms with Crippen molar-refractivity contribution in [2.24, 2.45) is 0 Å². The Kier molecular flexibility index (Phi) is 3.88. The van der Waals surface area contributed by atoms with Crippen molar-refractivity contribution in [3.63, 3.8) is 0 Å². The summed E-state index contributed by atoms with van der Waals surface area (Å²) in [5.41, 5.74) is 0. The second kappa shape index (κ2) is 5.57. The van der Waals surface area contributed by atoms with Gasteiger partial charge in [0, 0.05) is 11.8 Å². The quantitative estimate of drug-likeness (QED) is 0.840. The van der Waals surface area contributed by atoms with Crippen LogP contribution in [0, 0.1) is 0 Å². The van der Waals surface area contributed by atoms with Crippen molar-refractivity contribution >= 4 is 39.4 Å². The van der Waals surface area contributed by atoms with Gasteiger partial charge < -0.3 is 5.11 Å². The van der Waals surface area contributed by atoms with Gasteiger partial charge in [-0.2, -0.15) is 16.9 Å². The van der Waals surface area contributed by atoms with E-state index < -0.39 is 22.0 Å². The lowest BCUT2D eigenvalue weighted by Crippen LogP contribution is -2.40. The molecule has 1 N–H and O–H groups in total. The molecule has 0 unspecified atom stereocenters. The Hall–Kier alpha value is -1.57. The zero-order chi connectivity index (χ0) is 15.9. The number of fused-ring (bicyclic) bond motifs is 1. The molecule has 0 aliphatic carbocycles. The number of thiol groups is 1. The smallest absolute Gasteiger partial charge is 0.322 e. The lowest BCUT2D eigenvalue weighted by atomic mass is 10.1. The molecule has 1 aliphatic heterocycles. The van der Waals surface area contributed by atoms with Gasteiger partial charge in [0.05, 0.1) is 4.90 Å². The maximum atomic E-state index is 12.8. The molecule has 1 aliphatic rings. The van der Waals surface area contributed by atoms with Crippen LogP contribution in [0.2, 0.25) is 0 Å². The fourth-order valence-electron chi connectivity index (χ4n) is 2.74. The maximum absolute atomic E-state index is 12.8. The van der Waals surface area contributed by atoms with Crippen molar-refractivity contribution in [1.82, 2.24) is 4.31 Å². The summed E-state index contributed by atoms with van der Waals surface area (Å²) in [7, 11) is -3.85. The first-order chi connectivity index (χ1) is 10.4. The third-order valence-electron chi connectivity index (χ3n) is 3.85. The summed E-state index contributed by atoms with van der Waals surface area (Å²) >= 11 is 4.24. The van der Waals surface area contributed by atoms with Crippen molar-refractivity contribution < 1.29 is 18.3 Å². The number of carboxylic acids is 1. The van der Waals surface area contributed by atoms with E-state index in [4.69, 9.17) is 0 Å². The van der Waals surface area contributed by atoms with Crippen LogP contribution in [-0.2, 0) is 14.8 Å². The highest BCUT2D eigenvalue weighted by atomic mass is 32.2. The molecule has 1 heterocycles. The molecule has 0 amide bonds. The number of sulfonamides is 1. The van der Waals surface area contributed by atoms with Crippen molar-refractivity contribution in [2.75, 3.05) is 6.54 Å². The predicted molar refractivity (Wildman–Crippen MR) is 86.7 cm³/mol. The minimum Gasteiger partial charge on any atom is -0.480 e. The average molecular weight is 337 g/mol. The van der Waals surface area contributed by atoms with Crippen LogP contribution in [-0.4, -0.2) is 41.6 Å². The molecule has 0 saturated carbocycles. The highest BCUT2D eigenvalue weighted by molar-refractivity contribution is 7.89. The minimum absolute atomic E-state index is 0.106. The molecule has 2 atom stereocenters. The van der Waals surface area contributed by atoms with Crippen LogP contribution in [0.5, 0.6) is 0 Å². The van der Waals surface area contributed by atoms with Crippen LogP contribution in [0.4, 0.5) is 0 Å². The van der Waals surface area contributed by atoms with Gasteiger partial charge in [-0.15, -0.1) is 0 Å². The van der Waals surface area contributed by atoms with E-state index in [0.717, 1.165) is 15.1 Å². The Balaban J connectivity index is 2.05. The molecule has 0 aromatic heterocycles. The van der Waals surface area contributed by atoms with E-state index in [1.54, 1.807) is 12.1 Å². The summed E-state index contributed by atoms with van der Waals surface area (Å²) in [6.45, 7) is 0.106. The van der Waals surface area contributed by atoms with E-state index in [1.807, 2.05) is 24.3 Å². The van der Waals surface area contributed by atoms with Crippen LogP contribution >= 0.6 is 12.6 Å². The average Bonchev–Trinajstić information content (AvgIpc) is 2.90. The number of benzene rings is 2. The molecule has 1 fully saturated rings. The van der Waals surface area contributed by atoms with E-state index in [2.05, 4.69) is 12.6 Å². The lowest BCUT2D eigenvalue weighted by Gasteiger charge is -2.21. The molecular weight excluding hydrogens is 322 g/mol. The number of nitrogens with zero attached hydrogens (tertiary/aromatic N) is 1. The third kappa shape index (κ3) is 2.60. The van der Waals surface area contributed by atoms with E-state index in [0.29, 0.717) is 0 Å². The van der Waals surface area contributed by atoms with Crippen LogP contribution < -0.4 is 0 Å². The highest BCUT2D eigenvalue weighted by Gasteiger charge is 2.43. The molecular formula is C15H15NO4S2. The van der Waals surface area contributed by atoms with Crippen molar-refractivity contribution in [1.29, 1.82) is 0 Å². The molecule has 1 saturated heterocycles. The molecule has 7 heteroatoms. The summed E-state index contributed by atoms with van der Waals surface area (Å²) < 4.78 is 26.6. The van der Waals surface area contributed by atoms with Gasteiger partial charge in [-0.05, 0) is 29.3 Å². The van der Waals surface area contributed by atoms with E-state index in [1.165, 1.54) is 6.07 Å². The van der Waals surface area contributed by atoms with Gasteiger partial charge in [-0.1, -0.05) is 30.3 Å². The Morgan fingerprint density at radius 3 is 2.55 bits per heavy atom. The zero-order valence-electron chi connectivity index (χ0n) is 11.6. The normalized spacial score (nSPS) is 23.0.